The summed E-state index contributed by atoms with van der Waals surface area (Å²) in [7, 11) is 0. The molecule has 6 aromatic carbocycles. The van der Waals surface area contributed by atoms with Crippen LogP contribution in [0.25, 0.3) is 44.2 Å². The normalized spacial score (nSPS) is 11.2. The van der Waals surface area contributed by atoms with E-state index >= 15 is 0 Å². The summed E-state index contributed by atoms with van der Waals surface area (Å²) in [5, 5.41) is 2.33. The Hall–Kier alpha value is -5.08. The summed E-state index contributed by atoms with van der Waals surface area (Å²) in [6.45, 7) is 2.12. The van der Waals surface area contributed by atoms with Crippen LogP contribution in [0.4, 0.5) is 17.1 Å². The lowest BCUT2D eigenvalue weighted by Gasteiger charge is -2.25. The van der Waals surface area contributed by atoms with Crippen molar-refractivity contribution >= 4 is 39.0 Å². The zero-order chi connectivity index (χ0) is 26.2. The van der Waals surface area contributed by atoms with Crippen molar-refractivity contribution in [2.45, 2.75) is 6.92 Å². The maximum atomic E-state index is 6.19. The molecule has 1 heterocycles. The molecule has 0 saturated heterocycles. The summed E-state index contributed by atoms with van der Waals surface area (Å²) < 4.78 is 6.19. The molecule has 0 radical (unpaired) electrons. The molecule has 39 heavy (non-hydrogen) atoms. The molecule has 1 aromatic heterocycles. The van der Waals surface area contributed by atoms with Gasteiger partial charge in [0.2, 0.25) is 0 Å². The molecular formula is C37H27NO. The second kappa shape index (κ2) is 9.66. The Kier molecular flexibility index (Phi) is 5.71. The molecule has 0 amide bonds. The minimum atomic E-state index is 0.921. The fourth-order valence-electron chi connectivity index (χ4n) is 5.35. The number of fused-ring (bicyclic) bond motifs is 3. The molecule has 2 nitrogen and oxygen atoms in total. The first-order chi connectivity index (χ1) is 19.2. The minimum Gasteiger partial charge on any atom is -0.456 e. The maximum absolute atomic E-state index is 6.19. The molecule has 0 unspecified atom stereocenters. The van der Waals surface area contributed by atoms with Crippen molar-refractivity contribution < 1.29 is 4.42 Å². The molecule has 0 atom stereocenters. The monoisotopic (exact) mass is 501 g/mol. The van der Waals surface area contributed by atoms with Gasteiger partial charge in [0, 0.05) is 27.8 Å². The second-order valence-corrected chi connectivity index (χ2v) is 9.95. The van der Waals surface area contributed by atoms with E-state index in [2.05, 4.69) is 157 Å². The summed E-state index contributed by atoms with van der Waals surface area (Å²) >= 11 is 0. The number of benzene rings is 6. The average molecular weight is 502 g/mol. The molecule has 7 rings (SSSR count). The Morgan fingerprint density at radius 1 is 0.410 bits per heavy atom. The van der Waals surface area contributed by atoms with Crippen molar-refractivity contribution in [3.8, 4) is 22.3 Å². The molecular weight excluding hydrogens is 474 g/mol. The first-order valence-electron chi connectivity index (χ1n) is 13.3. The number of nitrogens with zero attached hydrogens (tertiary/aromatic N) is 1. The Morgan fingerprint density at radius 3 is 1.69 bits per heavy atom. The summed E-state index contributed by atoms with van der Waals surface area (Å²) in [5.74, 6) is 0. The number of rotatable bonds is 5. The molecule has 186 valence electrons. The van der Waals surface area contributed by atoms with E-state index in [9.17, 15) is 0 Å². The fraction of sp³-hybridized carbons (Fsp3) is 0.0270. The highest BCUT2D eigenvalue weighted by atomic mass is 16.3. The number of hydrogen-bond donors (Lipinski definition) is 0. The van der Waals surface area contributed by atoms with Gasteiger partial charge in [0.15, 0.2) is 0 Å². The molecule has 2 heteroatoms. The highest BCUT2D eigenvalue weighted by Crippen LogP contribution is 2.37. The molecule has 0 fully saturated rings. The summed E-state index contributed by atoms with van der Waals surface area (Å²) in [6, 6.07) is 51.4. The molecule has 0 bridgehead atoms. The number of furan rings is 1. The third kappa shape index (κ3) is 4.36. The van der Waals surface area contributed by atoms with Crippen LogP contribution >= 0.6 is 0 Å². The quantitative estimate of drug-likeness (QED) is 0.233. The fourth-order valence-corrected chi connectivity index (χ4v) is 5.35. The van der Waals surface area contributed by atoms with Crippen LogP contribution in [-0.2, 0) is 0 Å². The third-order valence-corrected chi connectivity index (χ3v) is 7.31. The van der Waals surface area contributed by atoms with Crippen LogP contribution < -0.4 is 4.90 Å². The molecule has 0 N–H and O–H groups in total. The minimum absolute atomic E-state index is 0.921. The van der Waals surface area contributed by atoms with E-state index in [-0.39, 0.29) is 0 Å². The van der Waals surface area contributed by atoms with E-state index in [1.165, 1.54) is 27.6 Å². The van der Waals surface area contributed by atoms with Gasteiger partial charge in [-0.25, -0.2) is 0 Å². The molecule has 7 aromatic rings. The summed E-state index contributed by atoms with van der Waals surface area (Å²) in [6.07, 6.45) is 0. The lowest BCUT2D eigenvalue weighted by molar-refractivity contribution is 0.669. The van der Waals surface area contributed by atoms with Gasteiger partial charge in [0.05, 0.1) is 0 Å². The number of hydrogen-bond acceptors (Lipinski definition) is 2. The van der Waals surface area contributed by atoms with Gasteiger partial charge >= 0.3 is 0 Å². The van der Waals surface area contributed by atoms with E-state index in [1.54, 1.807) is 0 Å². The summed E-state index contributed by atoms with van der Waals surface area (Å²) in [5.41, 5.74) is 11.2. The first-order valence-corrected chi connectivity index (χ1v) is 13.3. The highest BCUT2D eigenvalue weighted by molar-refractivity contribution is 6.06. The Morgan fingerprint density at radius 2 is 1.00 bits per heavy atom. The zero-order valence-electron chi connectivity index (χ0n) is 21.7. The van der Waals surface area contributed by atoms with Gasteiger partial charge in [0.1, 0.15) is 11.2 Å². The molecule has 0 aliphatic heterocycles. The van der Waals surface area contributed by atoms with Gasteiger partial charge in [-0.15, -0.1) is 0 Å². The van der Waals surface area contributed by atoms with E-state index < -0.39 is 0 Å². The highest BCUT2D eigenvalue weighted by Gasteiger charge is 2.13. The van der Waals surface area contributed by atoms with Crippen molar-refractivity contribution in [3.05, 3.63) is 151 Å². The molecule has 0 saturated carbocycles. The Balaban J connectivity index is 1.23. The van der Waals surface area contributed by atoms with Gasteiger partial charge in [0.25, 0.3) is 0 Å². The van der Waals surface area contributed by atoms with Crippen molar-refractivity contribution in [3.63, 3.8) is 0 Å². The van der Waals surface area contributed by atoms with Gasteiger partial charge in [-0.3, -0.25) is 0 Å². The SMILES string of the molecule is Cc1ccc2oc3cc(-c4cccc(-c5ccc(N(c6ccccc6)c6ccccc6)cc5)c4)ccc3c2c1. The van der Waals surface area contributed by atoms with Crippen LogP contribution in [0.1, 0.15) is 5.56 Å². The van der Waals surface area contributed by atoms with Crippen LogP contribution in [0.3, 0.4) is 0 Å². The third-order valence-electron chi connectivity index (χ3n) is 7.31. The number of aryl methyl sites for hydroxylation is 1. The van der Waals surface area contributed by atoms with Gasteiger partial charge in [-0.2, -0.15) is 0 Å². The largest absolute Gasteiger partial charge is 0.456 e. The topological polar surface area (TPSA) is 16.4 Å². The molecule has 0 aliphatic carbocycles. The first kappa shape index (κ1) is 23.1. The predicted octanol–water partition coefficient (Wildman–Crippen LogP) is 10.7. The predicted molar refractivity (Wildman–Crippen MR) is 164 cm³/mol. The van der Waals surface area contributed by atoms with Crippen molar-refractivity contribution in [2.75, 3.05) is 4.90 Å². The van der Waals surface area contributed by atoms with Crippen LogP contribution in [0.2, 0.25) is 0 Å². The van der Waals surface area contributed by atoms with Gasteiger partial charge < -0.3 is 9.32 Å². The molecule has 0 aliphatic rings. The van der Waals surface area contributed by atoms with Crippen LogP contribution in [0.5, 0.6) is 0 Å². The van der Waals surface area contributed by atoms with Crippen molar-refractivity contribution in [1.29, 1.82) is 0 Å². The number of para-hydroxylation sites is 2. The number of anilines is 3. The van der Waals surface area contributed by atoms with Crippen LogP contribution in [0, 0.1) is 6.92 Å². The summed E-state index contributed by atoms with van der Waals surface area (Å²) in [4.78, 5) is 2.28. The maximum Gasteiger partial charge on any atom is 0.136 e. The van der Waals surface area contributed by atoms with Gasteiger partial charge in [-0.1, -0.05) is 84.4 Å². The van der Waals surface area contributed by atoms with Gasteiger partial charge in [-0.05, 0) is 95.9 Å². The van der Waals surface area contributed by atoms with E-state index in [4.69, 9.17) is 4.42 Å². The lowest BCUT2D eigenvalue weighted by Crippen LogP contribution is -2.09. The van der Waals surface area contributed by atoms with E-state index in [0.29, 0.717) is 0 Å². The average Bonchev–Trinajstić information content (AvgIpc) is 3.36. The zero-order valence-corrected chi connectivity index (χ0v) is 21.7. The Bertz CT molecular complexity index is 1860. The second-order valence-electron chi connectivity index (χ2n) is 9.95. The van der Waals surface area contributed by atoms with Crippen molar-refractivity contribution in [1.82, 2.24) is 0 Å². The van der Waals surface area contributed by atoms with Crippen molar-refractivity contribution in [2.24, 2.45) is 0 Å². The van der Waals surface area contributed by atoms with Crippen LogP contribution in [0.15, 0.2) is 150 Å². The molecule has 0 spiro atoms. The lowest BCUT2D eigenvalue weighted by atomic mass is 9.98. The smallest absolute Gasteiger partial charge is 0.136 e. The van der Waals surface area contributed by atoms with E-state index in [0.717, 1.165) is 39.2 Å². The Labute approximate surface area is 228 Å². The van der Waals surface area contributed by atoms with Crippen LogP contribution in [-0.4, -0.2) is 0 Å². The van der Waals surface area contributed by atoms with E-state index in [1.807, 2.05) is 0 Å². The standard InChI is InChI=1S/C37H27NO/c1-26-15-22-36-35(23-26)34-21-18-30(25-37(34)39-36)29-10-8-9-28(24-29)27-16-19-33(20-17-27)38(31-11-4-2-5-12-31)32-13-6-3-7-14-32/h2-25H,1H3.